The first-order valence-corrected chi connectivity index (χ1v) is 11.9. The summed E-state index contributed by atoms with van der Waals surface area (Å²) in [5.74, 6) is 2.16. The van der Waals surface area contributed by atoms with Crippen LogP contribution in [-0.4, -0.2) is 98.7 Å². The monoisotopic (exact) mass is 461 g/mol. The van der Waals surface area contributed by atoms with Gasteiger partial charge in [-0.05, 0) is 32.3 Å². The first-order valence-electron chi connectivity index (χ1n) is 11.9. The molecule has 0 aromatic carbocycles. The fourth-order valence-electron chi connectivity index (χ4n) is 3.82. The van der Waals surface area contributed by atoms with Gasteiger partial charge in [0, 0.05) is 45.8 Å². The van der Waals surface area contributed by atoms with Crippen LogP contribution in [0, 0.1) is 13.8 Å². The number of hydrazone groups is 1. The summed E-state index contributed by atoms with van der Waals surface area (Å²) in [5, 5.41) is 4.35. The van der Waals surface area contributed by atoms with Crippen LogP contribution >= 0.6 is 0 Å². The maximum atomic E-state index is 6.01. The van der Waals surface area contributed by atoms with Gasteiger partial charge in [-0.2, -0.15) is 15.1 Å². The highest BCUT2D eigenvalue weighted by atomic mass is 16.5. The molecule has 1 N–H and O–H groups in total. The molecule has 2 aliphatic heterocycles. The Morgan fingerprint density at radius 2 is 1.97 bits per heavy atom. The summed E-state index contributed by atoms with van der Waals surface area (Å²) < 4.78 is 17.1. The van der Waals surface area contributed by atoms with Crippen molar-refractivity contribution in [3.63, 3.8) is 0 Å². The Kier molecular flexibility index (Phi) is 9.71. The minimum absolute atomic E-state index is 0.185. The van der Waals surface area contributed by atoms with Crippen LogP contribution in [0.2, 0.25) is 0 Å². The largest absolute Gasteiger partial charge is 0.462 e. The molecule has 0 radical (unpaired) electrons. The van der Waals surface area contributed by atoms with Gasteiger partial charge in [-0.25, -0.2) is 5.43 Å². The Morgan fingerprint density at radius 3 is 2.61 bits per heavy atom. The lowest BCUT2D eigenvalue weighted by molar-refractivity contribution is 0.0310. The van der Waals surface area contributed by atoms with E-state index in [0.29, 0.717) is 24.3 Å². The van der Waals surface area contributed by atoms with Gasteiger partial charge in [0.1, 0.15) is 12.4 Å². The zero-order valence-corrected chi connectivity index (χ0v) is 20.7. The van der Waals surface area contributed by atoms with Crippen LogP contribution in [0.1, 0.15) is 38.0 Å². The number of anilines is 1. The number of ether oxygens (including phenoxy) is 2. The maximum absolute atomic E-state index is 6.01. The number of rotatable bonds is 11. The van der Waals surface area contributed by atoms with E-state index >= 15 is 0 Å². The molecule has 1 aromatic rings. The summed E-state index contributed by atoms with van der Waals surface area (Å²) in [7, 11) is 1.99. The Hall–Kier alpha value is -2.43. The summed E-state index contributed by atoms with van der Waals surface area (Å²) in [6.07, 6.45) is 3.60. The van der Waals surface area contributed by atoms with Crippen molar-refractivity contribution < 1.29 is 13.9 Å². The summed E-state index contributed by atoms with van der Waals surface area (Å²) in [6, 6.07) is 2.32. The van der Waals surface area contributed by atoms with Crippen molar-refractivity contribution in [3.05, 3.63) is 17.4 Å². The molecule has 1 atom stereocenters. The van der Waals surface area contributed by atoms with Crippen LogP contribution in [0.3, 0.4) is 0 Å². The molecule has 10 nitrogen and oxygen atoms in total. The lowest BCUT2D eigenvalue weighted by atomic mass is 10.3. The number of hydrogen-bond acceptors (Lipinski definition) is 10. The zero-order valence-electron chi connectivity index (χ0n) is 20.7. The van der Waals surface area contributed by atoms with Gasteiger partial charge < -0.3 is 18.8 Å². The Balaban J connectivity index is 1.70. The number of morpholine rings is 1. The van der Waals surface area contributed by atoms with E-state index in [-0.39, 0.29) is 6.29 Å². The van der Waals surface area contributed by atoms with Crippen molar-refractivity contribution in [1.29, 1.82) is 0 Å². The molecule has 184 valence electrons. The van der Waals surface area contributed by atoms with E-state index in [1.54, 1.807) is 6.21 Å². The van der Waals surface area contributed by atoms with Crippen molar-refractivity contribution in [2.75, 3.05) is 65.0 Å². The number of aliphatic imine (C=N–C) groups is 2. The Morgan fingerprint density at radius 1 is 1.24 bits per heavy atom. The fourth-order valence-corrected chi connectivity index (χ4v) is 3.82. The van der Waals surface area contributed by atoms with Gasteiger partial charge in [0.25, 0.3) is 0 Å². The summed E-state index contributed by atoms with van der Waals surface area (Å²) in [5.41, 5.74) is 4.03. The molecular weight excluding hydrogens is 422 g/mol. The van der Waals surface area contributed by atoms with Crippen LogP contribution in [0.4, 0.5) is 5.88 Å². The first-order chi connectivity index (χ1) is 16.0. The van der Waals surface area contributed by atoms with Gasteiger partial charge in [-0.3, -0.25) is 9.80 Å². The summed E-state index contributed by atoms with van der Waals surface area (Å²) >= 11 is 0. The van der Waals surface area contributed by atoms with Gasteiger partial charge in [0.15, 0.2) is 12.1 Å². The van der Waals surface area contributed by atoms with E-state index in [1.165, 1.54) is 0 Å². The third-order valence-electron chi connectivity index (χ3n) is 5.76. The lowest BCUT2D eigenvalue weighted by Gasteiger charge is -2.37. The van der Waals surface area contributed by atoms with Crippen molar-refractivity contribution >= 4 is 24.0 Å². The Bertz CT molecular complexity index is 805. The fraction of sp³-hybridized carbons (Fsp3) is 0.696. The standard InChI is InChI=1S/C23H39N7O3/c1-6-8-30(9-7-2)23-26-22(32-15-12-29-10-13-31-14-11-29)25-20(28(23)5)17-24-27-21-16-18(3)19(4)33-21/h16-17,23,27H,6-15H2,1-5H3/b24-17+. The van der Waals surface area contributed by atoms with Gasteiger partial charge in [0.2, 0.25) is 5.88 Å². The number of amidine groups is 2. The van der Waals surface area contributed by atoms with Crippen molar-refractivity contribution in [2.24, 2.45) is 15.1 Å². The molecule has 0 spiro atoms. The SMILES string of the molecule is CCCN(CCC)C1N=C(OCCN2CCOCC2)N=C(/C=N/Nc2cc(C)c(C)o2)N1C. The van der Waals surface area contributed by atoms with Crippen LogP contribution in [0.15, 0.2) is 25.6 Å². The van der Waals surface area contributed by atoms with Gasteiger partial charge in [0.05, 0.1) is 19.4 Å². The lowest BCUT2D eigenvalue weighted by Crippen LogP contribution is -2.51. The van der Waals surface area contributed by atoms with Crippen molar-refractivity contribution in [1.82, 2.24) is 14.7 Å². The molecule has 0 saturated carbocycles. The predicted octanol–water partition coefficient (Wildman–Crippen LogP) is 2.75. The number of furan rings is 1. The molecule has 1 aromatic heterocycles. The first kappa shape index (κ1) is 25.2. The minimum Gasteiger partial charge on any atom is -0.462 e. The van der Waals surface area contributed by atoms with E-state index in [1.807, 2.05) is 31.9 Å². The van der Waals surface area contributed by atoms with Crippen LogP contribution in [0.25, 0.3) is 0 Å². The average molecular weight is 462 g/mol. The maximum Gasteiger partial charge on any atom is 0.317 e. The normalized spacial score (nSPS) is 19.8. The van der Waals surface area contributed by atoms with Gasteiger partial charge >= 0.3 is 6.02 Å². The van der Waals surface area contributed by atoms with E-state index in [9.17, 15) is 0 Å². The molecule has 10 heteroatoms. The minimum atomic E-state index is -0.185. The number of nitrogens with one attached hydrogen (secondary N) is 1. The molecule has 3 rings (SSSR count). The van der Waals surface area contributed by atoms with Crippen LogP contribution in [0.5, 0.6) is 0 Å². The quantitative estimate of drug-likeness (QED) is 0.400. The molecule has 1 unspecified atom stereocenters. The van der Waals surface area contributed by atoms with Crippen LogP contribution < -0.4 is 5.43 Å². The molecular formula is C23H39N7O3. The molecule has 2 aliphatic rings. The second-order valence-corrected chi connectivity index (χ2v) is 8.40. The van der Waals surface area contributed by atoms with E-state index in [0.717, 1.165) is 70.1 Å². The van der Waals surface area contributed by atoms with E-state index in [4.69, 9.17) is 18.9 Å². The highest BCUT2D eigenvalue weighted by Crippen LogP contribution is 2.18. The second-order valence-electron chi connectivity index (χ2n) is 8.40. The summed E-state index contributed by atoms with van der Waals surface area (Å²) in [4.78, 5) is 16.2. The number of aryl methyl sites for hydroxylation is 2. The smallest absolute Gasteiger partial charge is 0.317 e. The molecule has 1 fully saturated rings. The third kappa shape index (κ3) is 7.28. The van der Waals surface area contributed by atoms with Gasteiger partial charge in [-0.15, -0.1) is 0 Å². The second kappa shape index (κ2) is 12.7. The molecule has 0 bridgehead atoms. The molecule has 0 amide bonds. The van der Waals surface area contributed by atoms with Crippen molar-refractivity contribution in [3.8, 4) is 0 Å². The van der Waals surface area contributed by atoms with E-state index in [2.05, 4.69) is 39.2 Å². The number of hydrogen-bond donors (Lipinski definition) is 1. The molecule has 1 saturated heterocycles. The summed E-state index contributed by atoms with van der Waals surface area (Å²) in [6.45, 7) is 15.0. The van der Waals surface area contributed by atoms with Crippen molar-refractivity contribution in [2.45, 2.75) is 46.8 Å². The topological polar surface area (TPSA) is 90.4 Å². The van der Waals surface area contributed by atoms with Gasteiger partial charge in [-0.1, -0.05) is 13.8 Å². The zero-order chi connectivity index (χ0) is 23.6. The predicted molar refractivity (Wildman–Crippen MR) is 132 cm³/mol. The van der Waals surface area contributed by atoms with Crippen LogP contribution in [-0.2, 0) is 9.47 Å². The molecule has 3 heterocycles. The average Bonchev–Trinajstić information content (AvgIpc) is 3.13. The highest BCUT2D eigenvalue weighted by Gasteiger charge is 2.28. The highest BCUT2D eigenvalue weighted by molar-refractivity contribution is 6.31. The molecule has 33 heavy (non-hydrogen) atoms. The molecule has 0 aliphatic carbocycles. The van der Waals surface area contributed by atoms with E-state index < -0.39 is 0 Å². The number of nitrogens with zero attached hydrogens (tertiary/aromatic N) is 6. The third-order valence-corrected chi connectivity index (χ3v) is 5.76. The Labute approximate surface area is 197 Å².